The van der Waals surface area contributed by atoms with Crippen LogP contribution in [0.4, 0.5) is 0 Å². The Morgan fingerprint density at radius 2 is 1.70 bits per heavy atom. The molecule has 1 aromatic rings. The number of hydrogen-bond donors (Lipinski definition) is 1. The Bertz CT molecular complexity index is 456. The maximum Gasteiger partial charge on any atom is 0.0167 e. The van der Waals surface area contributed by atoms with Crippen LogP contribution < -0.4 is 5.32 Å². The van der Waals surface area contributed by atoms with Crippen molar-refractivity contribution >= 4 is 6.08 Å². The van der Waals surface area contributed by atoms with Gasteiger partial charge < -0.3 is 5.32 Å². The molecular formula is C19H29N. The molecule has 1 aliphatic rings. The first kappa shape index (κ1) is 15.3. The zero-order chi connectivity index (χ0) is 14.5. The Balaban J connectivity index is 2.32. The minimum absolute atomic E-state index is 0.788. The van der Waals surface area contributed by atoms with Gasteiger partial charge >= 0.3 is 0 Å². The summed E-state index contributed by atoms with van der Waals surface area (Å²) in [5.74, 6) is 0.788. The van der Waals surface area contributed by atoms with Crippen molar-refractivity contribution < 1.29 is 0 Å². The fraction of sp³-hybridized carbons (Fsp3) is 0.579. The van der Waals surface area contributed by atoms with Gasteiger partial charge in [0.1, 0.15) is 0 Å². The number of nitrogens with one attached hydrogen (secondary N) is 1. The summed E-state index contributed by atoms with van der Waals surface area (Å²) in [6.07, 6.45) is 9.44. The first-order valence-corrected chi connectivity index (χ1v) is 8.04. The molecule has 1 fully saturated rings. The highest BCUT2D eigenvalue weighted by Crippen LogP contribution is 2.31. The lowest BCUT2D eigenvalue weighted by atomic mass is 9.82. The van der Waals surface area contributed by atoms with E-state index >= 15 is 0 Å². The van der Waals surface area contributed by atoms with Crippen LogP contribution in [0.2, 0.25) is 0 Å². The molecule has 1 saturated carbocycles. The molecule has 0 atom stereocenters. The highest BCUT2D eigenvalue weighted by Gasteiger charge is 2.17. The lowest BCUT2D eigenvalue weighted by Gasteiger charge is -2.25. The highest BCUT2D eigenvalue weighted by atomic mass is 14.8. The molecule has 1 heteroatoms. The second kappa shape index (κ2) is 7.08. The molecule has 0 bridgehead atoms. The zero-order valence-corrected chi connectivity index (χ0v) is 13.6. The van der Waals surface area contributed by atoms with Gasteiger partial charge in [0, 0.05) is 6.54 Å². The molecule has 0 amide bonds. The smallest absolute Gasteiger partial charge is 0.0167 e. The first-order valence-electron chi connectivity index (χ1n) is 8.04. The van der Waals surface area contributed by atoms with E-state index in [0.29, 0.717) is 0 Å². The fourth-order valence-corrected chi connectivity index (χ4v) is 3.59. The zero-order valence-electron chi connectivity index (χ0n) is 13.6. The Hall–Kier alpha value is -1.08. The average molecular weight is 271 g/mol. The number of rotatable bonds is 4. The first-order chi connectivity index (χ1) is 9.61. The van der Waals surface area contributed by atoms with Gasteiger partial charge in [-0.1, -0.05) is 48.6 Å². The molecule has 0 radical (unpaired) electrons. The fourth-order valence-electron chi connectivity index (χ4n) is 3.59. The number of likely N-dealkylation sites (N-methyl/N-ethyl adjacent to an activating group) is 1. The Morgan fingerprint density at radius 1 is 1.10 bits per heavy atom. The van der Waals surface area contributed by atoms with Crippen LogP contribution in [0.15, 0.2) is 17.7 Å². The van der Waals surface area contributed by atoms with Crippen LogP contribution in [0.25, 0.3) is 6.08 Å². The average Bonchev–Trinajstić information content (AvgIpc) is 2.42. The Morgan fingerprint density at radius 3 is 2.25 bits per heavy atom. The van der Waals surface area contributed by atoms with Gasteiger partial charge in [-0.2, -0.15) is 0 Å². The standard InChI is InChI=1S/C19H29N/c1-14-10-15(2)19(16(3)11-14)12-18(13-20-4)17-8-6-5-7-9-17/h10-12,17,20H,5-9,13H2,1-4H3. The molecule has 0 unspecified atom stereocenters. The van der Waals surface area contributed by atoms with Crippen molar-refractivity contribution in [1.29, 1.82) is 0 Å². The van der Waals surface area contributed by atoms with E-state index in [4.69, 9.17) is 0 Å². The van der Waals surface area contributed by atoms with Crippen LogP contribution in [0.1, 0.15) is 54.4 Å². The van der Waals surface area contributed by atoms with Crippen LogP contribution in [-0.2, 0) is 0 Å². The molecule has 1 nitrogen and oxygen atoms in total. The molecule has 110 valence electrons. The monoisotopic (exact) mass is 271 g/mol. The van der Waals surface area contributed by atoms with Crippen LogP contribution >= 0.6 is 0 Å². The second-order valence-corrected chi connectivity index (χ2v) is 6.40. The van der Waals surface area contributed by atoms with Crippen molar-refractivity contribution in [3.63, 3.8) is 0 Å². The van der Waals surface area contributed by atoms with Crippen molar-refractivity contribution in [2.24, 2.45) is 5.92 Å². The summed E-state index contributed by atoms with van der Waals surface area (Å²) in [6, 6.07) is 4.60. The second-order valence-electron chi connectivity index (χ2n) is 6.40. The predicted molar refractivity (Wildman–Crippen MR) is 89.1 cm³/mol. The van der Waals surface area contributed by atoms with Gasteiger partial charge in [-0.25, -0.2) is 0 Å². The molecule has 1 N–H and O–H groups in total. The molecule has 0 saturated heterocycles. The van der Waals surface area contributed by atoms with Gasteiger partial charge in [0.2, 0.25) is 0 Å². The van der Waals surface area contributed by atoms with Crippen LogP contribution in [-0.4, -0.2) is 13.6 Å². The van der Waals surface area contributed by atoms with Gasteiger partial charge in [0.25, 0.3) is 0 Å². The van der Waals surface area contributed by atoms with E-state index in [2.05, 4.69) is 51.3 Å². The van der Waals surface area contributed by atoms with E-state index in [1.165, 1.54) is 54.4 Å². The highest BCUT2D eigenvalue weighted by molar-refractivity contribution is 5.61. The maximum atomic E-state index is 3.37. The summed E-state index contributed by atoms with van der Waals surface area (Å²) in [5.41, 5.74) is 7.22. The minimum Gasteiger partial charge on any atom is -0.316 e. The minimum atomic E-state index is 0.788. The summed E-state index contributed by atoms with van der Waals surface area (Å²) in [7, 11) is 2.06. The van der Waals surface area contributed by atoms with E-state index in [9.17, 15) is 0 Å². The van der Waals surface area contributed by atoms with Gasteiger partial charge in [-0.05, 0) is 63.3 Å². The van der Waals surface area contributed by atoms with Crippen molar-refractivity contribution in [3.05, 3.63) is 40.0 Å². The maximum absolute atomic E-state index is 3.37. The largest absolute Gasteiger partial charge is 0.316 e. The third kappa shape index (κ3) is 3.73. The van der Waals surface area contributed by atoms with Gasteiger partial charge in [0.05, 0.1) is 0 Å². The summed E-state index contributed by atoms with van der Waals surface area (Å²) >= 11 is 0. The van der Waals surface area contributed by atoms with Gasteiger partial charge in [-0.3, -0.25) is 0 Å². The molecule has 0 aromatic heterocycles. The van der Waals surface area contributed by atoms with Gasteiger partial charge in [-0.15, -0.1) is 0 Å². The molecule has 1 aromatic carbocycles. The third-order valence-electron chi connectivity index (χ3n) is 4.58. The number of aryl methyl sites for hydroxylation is 3. The van der Waals surface area contributed by atoms with Crippen LogP contribution in [0, 0.1) is 26.7 Å². The summed E-state index contributed by atoms with van der Waals surface area (Å²) < 4.78 is 0. The van der Waals surface area contributed by atoms with E-state index in [1.807, 2.05) is 0 Å². The van der Waals surface area contributed by atoms with E-state index in [-0.39, 0.29) is 0 Å². The van der Waals surface area contributed by atoms with Crippen molar-refractivity contribution in [2.75, 3.05) is 13.6 Å². The van der Waals surface area contributed by atoms with Crippen molar-refractivity contribution in [3.8, 4) is 0 Å². The normalized spacial score (nSPS) is 17.5. The summed E-state index contributed by atoms with van der Waals surface area (Å²) in [4.78, 5) is 0. The third-order valence-corrected chi connectivity index (χ3v) is 4.58. The van der Waals surface area contributed by atoms with Crippen molar-refractivity contribution in [1.82, 2.24) is 5.32 Å². The quantitative estimate of drug-likeness (QED) is 0.830. The van der Waals surface area contributed by atoms with E-state index < -0.39 is 0 Å². The predicted octanol–water partition coefficient (Wildman–Crippen LogP) is 4.79. The molecule has 0 spiro atoms. The molecule has 2 rings (SSSR count). The number of hydrogen-bond acceptors (Lipinski definition) is 1. The van der Waals surface area contributed by atoms with Gasteiger partial charge in [0.15, 0.2) is 0 Å². The Labute approximate surface area is 124 Å². The topological polar surface area (TPSA) is 12.0 Å². The van der Waals surface area contributed by atoms with Crippen LogP contribution in [0.3, 0.4) is 0 Å². The van der Waals surface area contributed by atoms with Crippen LogP contribution in [0.5, 0.6) is 0 Å². The SMILES string of the molecule is CNCC(=Cc1c(C)cc(C)cc1C)C1CCCCC1. The molecular weight excluding hydrogens is 242 g/mol. The van der Waals surface area contributed by atoms with E-state index in [0.717, 1.165) is 12.5 Å². The molecule has 0 heterocycles. The Kier molecular flexibility index (Phi) is 5.42. The summed E-state index contributed by atoms with van der Waals surface area (Å²) in [6.45, 7) is 7.69. The lowest BCUT2D eigenvalue weighted by Crippen LogP contribution is -2.19. The summed E-state index contributed by atoms with van der Waals surface area (Å²) in [5, 5.41) is 3.37. The van der Waals surface area contributed by atoms with Crippen molar-refractivity contribution in [2.45, 2.75) is 52.9 Å². The molecule has 20 heavy (non-hydrogen) atoms. The molecule has 0 aliphatic heterocycles. The van der Waals surface area contributed by atoms with E-state index in [1.54, 1.807) is 5.57 Å². The lowest BCUT2D eigenvalue weighted by molar-refractivity contribution is 0.398. The number of benzene rings is 1. The molecule has 1 aliphatic carbocycles.